The van der Waals surface area contributed by atoms with E-state index in [9.17, 15) is 4.79 Å². The molecule has 2 aromatic carbocycles. The standard InChI is InChI=1S/C21H27ClN4O.HI/c1-3-12-24-20(27)17-10-7-8-16(13-17)14-25-21(23-4-2)26-15-18-9-5-6-11-19(18)22;/h5-11,13H,3-4,12,14-15H2,1-2H3,(H,24,27)(H2,23,25,26);1H. The van der Waals surface area contributed by atoms with Crippen LogP contribution in [-0.4, -0.2) is 25.0 Å². The van der Waals surface area contributed by atoms with Crippen molar-refractivity contribution in [2.45, 2.75) is 33.4 Å². The molecule has 152 valence electrons. The van der Waals surface area contributed by atoms with Gasteiger partial charge in [-0.2, -0.15) is 0 Å². The van der Waals surface area contributed by atoms with Crippen LogP contribution in [0.15, 0.2) is 53.5 Å². The number of amides is 1. The second-order valence-electron chi connectivity index (χ2n) is 6.10. The number of hydrogen-bond donors (Lipinski definition) is 3. The van der Waals surface area contributed by atoms with Gasteiger partial charge in [0.15, 0.2) is 5.96 Å². The largest absolute Gasteiger partial charge is 0.357 e. The molecule has 0 fully saturated rings. The fourth-order valence-corrected chi connectivity index (χ4v) is 2.69. The second-order valence-corrected chi connectivity index (χ2v) is 6.50. The lowest BCUT2D eigenvalue weighted by atomic mass is 10.1. The van der Waals surface area contributed by atoms with E-state index >= 15 is 0 Å². The molecule has 0 aliphatic rings. The summed E-state index contributed by atoms with van der Waals surface area (Å²) in [5, 5.41) is 10.1. The molecule has 0 heterocycles. The molecule has 28 heavy (non-hydrogen) atoms. The van der Waals surface area contributed by atoms with E-state index < -0.39 is 0 Å². The molecular formula is C21H28ClIN4O. The molecule has 7 heteroatoms. The van der Waals surface area contributed by atoms with Gasteiger partial charge in [-0.05, 0) is 42.7 Å². The van der Waals surface area contributed by atoms with Crippen molar-refractivity contribution in [1.29, 1.82) is 0 Å². The highest BCUT2D eigenvalue weighted by Gasteiger charge is 2.06. The van der Waals surface area contributed by atoms with Gasteiger partial charge in [0.25, 0.3) is 5.91 Å². The van der Waals surface area contributed by atoms with Crippen LogP contribution in [0, 0.1) is 0 Å². The van der Waals surface area contributed by atoms with Gasteiger partial charge in [-0.25, -0.2) is 4.99 Å². The molecule has 1 amide bonds. The first-order chi connectivity index (χ1) is 13.1. The van der Waals surface area contributed by atoms with Crippen molar-refractivity contribution < 1.29 is 4.79 Å². The predicted molar refractivity (Wildman–Crippen MR) is 128 cm³/mol. The maximum Gasteiger partial charge on any atom is 0.251 e. The summed E-state index contributed by atoms with van der Waals surface area (Å²) in [6.07, 6.45) is 0.916. The molecule has 0 bridgehead atoms. The van der Waals surface area contributed by atoms with E-state index in [4.69, 9.17) is 11.6 Å². The molecule has 0 aliphatic heterocycles. The van der Waals surface area contributed by atoms with Gasteiger partial charge in [0.2, 0.25) is 0 Å². The zero-order valence-corrected chi connectivity index (χ0v) is 19.4. The third-order valence-electron chi connectivity index (χ3n) is 3.89. The minimum Gasteiger partial charge on any atom is -0.357 e. The van der Waals surface area contributed by atoms with Crippen LogP contribution in [0.25, 0.3) is 0 Å². The molecule has 3 N–H and O–H groups in total. The number of carbonyl (C=O) groups excluding carboxylic acids is 1. The highest BCUT2D eigenvalue weighted by atomic mass is 127. The van der Waals surface area contributed by atoms with Crippen molar-refractivity contribution in [1.82, 2.24) is 16.0 Å². The van der Waals surface area contributed by atoms with Crippen LogP contribution in [0.3, 0.4) is 0 Å². The summed E-state index contributed by atoms with van der Waals surface area (Å²) in [7, 11) is 0. The number of guanidine groups is 1. The Hall–Kier alpha value is -1.80. The normalized spacial score (nSPS) is 10.8. The molecule has 0 unspecified atom stereocenters. The van der Waals surface area contributed by atoms with Gasteiger partial charge in [-0.3, -0.25) is 4.79 Å². The molecule has 2 aromatic rings. The molecular weight excluding hydrogens is 487 g/mol. The average Bonchev–Trinajstić information content (AvgIpc) is 2.69. The zero-order valence-electron chi connectivity index (χ0n) is 16.3. The van der Waals surface area contributed by atoms with Crippen LogP contribution in [0.4, 0.5) is 0 Å². The van der Waals surface area contributed by atoms with E-state index in [1.807, 2.05) is 62.4 Å². The molecule has 5 nitrogen and oxygen atoms in total. The summed E-state index contributed by atoms with van der Waals surface area (Å²) in [4.78, 5) is 16.7. The molecule has 0 atom stereocenters. The van der Waals surface area contributed by atoms with Crippen LogP contribution in [0.2, 0.25) is 5.02 Å². The lowest BCUT2D eigenvalue weighted by molar-refractivity contribution is 0.0953. The Morgan fingerprint density at radius 2 is 1.82 bits per heavy atom. The first-order valence-corrected chi connectivity index (χ1v) is 9.64. The SMILES string of the molecule is CCCNC(=O)c1cccc(CN=C(NCC)NCc2ccccc2Cl)c1.I. The smallest absolute Gasteiger partial charge is 0.251 e. The van der Waals surface area contributed by atoms with Crippen molar-refractivity contribution >= 4 is 47.4 Å². The molecule has 0 radical (unpaired) electrons. The second kappa shape index (κ2) is 13.4. The topological polar surface area (TPSA) is 65.5 Å². The fraction of sp³-hybridized carbons (Fsp3) is 0.333. The summed E-state index contributed by atoms with van der Waals surface area (Å²) in [5.41, 5.74) is 2.65. The Labute approximate surface area is 189 Å². The van der Waals surface area contributed by atoms with Crippen LogP contribution in [0.5, 0.6) is 0 Å². The maximum atomic E-state index is 12.1. The van der Waals surface area contributed by atoms with Gasteiger partial charge in [0.1, 0.15) is 0 Å². The Morgan fingerprint density at radius 3 is 2.54 bits per heavy atom. The number of hydrogen-bond acceptors (Lipinski definition) is 2. The van der Waals surface area contributed by atoms with Crippen molar-refractivity contribution in [3.8, 4) is 0 Å². The summed E-state index contributed by atoms with van der Waals surface area (Å²) < 4.78 is 0. The summed E-state index contributed by atoms with van der Waals surface area (Å²) in [5.74, 6) is 0.657. The molecule has 0 aromatic heterocycles. The summed E-state index contributed by atoms with van der Waals surface area (Å²) in [6, 6.07) is 15.3. The van der Waals surface area contributed by atoms with E-state index in [0.717, 1.165) is 29.1 Å². The average molecular weight is 515 g/mol. The van der Waals surface area contributed by atoms with Crippen LogP contribution < -0.4 is 16.0 Å². The van der Waals surface area contributed by atoms with E-state index in [0.29, 0.717) is 31.2 Å². The molecule has 0 aliphatic carbocycles. The van der Waals surface area contributed by atoms with Gasteiger partial charge in [-0.15, -0.1) is 24.0 Å². The van der Waals surface area contributed by atoms with E-state index in [2.05, 4.69) is 20.9 Å². The predicted octanol–water partition coefficient (Wildman–Crippen LogP) is 4.35. The Morgan fingerprint density at radius 1 is 1.04 bits per heavy atom. The monoisotopic (exact) mass is 514 g/mol. The number of halogens is 2. The van der Waals surface area contributed by atoms with Crippen LogP contribution >= 0.6 is 35.6 Å². The van der Waals surface area contributed by atoms with Crippen LogP contribution in [-0.2, 0) is 13.1 Å². The zero-order chi connectivity index (χ0) is 19.5. The van der Waals surface area contributed by atoms with Crippen LogP contribution in [0.1, 0.15) is 41.8 Å². The number of aliphatic imine (C=N–C) groups is 1. The summed E-state index contributed by atoms with van der Waals surface area (Å²) >= 11 is 6.20. The van der Waals surface area contributed by atoms with E-state index in [1.54, 1.807) is 0 Å². The first kappa shape index (κ1) is 24.2. The van der Waals surface area contributed by atoms with Crippen molar-refractivity contribution in [2.75, 3.05) is 13.1 Å². The number of rotatable bonds is 8. The Balaban J connectivity index is 0.00000392. The molecule has 0 saturated heterocycles. The van der Waals surface area contributed by atoms with E-state index in [1.165, 1.54) is 0 Å². The van der Waals surface area contributed by atoms with Crippen molar-refractivity contribution in [3.05, 3.63) is 70.2 Å². The van der Waals surface area contributed by atoms with Crippen molar-refractivity contribution in [2.24, 2.45) is 4.99 Å². The highest BCUT2D eigenvalue weighted by molar-refractivity contribution is 14.0. The Kier molecular flexibility index (Phi) is 11.6. The van der Waals surface area contributed by atoms with E-state index in [-0.39, 0.29) is 29.9 Å². The molecule has 0 saturated carbocycles. The highest BCUT2D eigenvalue weighted by Crippen LogP contribution is 2.14. The number of nitrogens with one attached hydrogen (secondary N) is 3. The molecule has 0 spiro atoms. The number of nitrogens with zero attached hydrogens (tertiary/aromatic N) is 1. The van der Waals surface area contributed by atoms with Gasteiger partial charge in [-0.1, -0.05) is 48.9 Å². The molecule has 2 rings (SSSR count). The number of carbonyl (C=O) groups is 1. The Bertz CT molecular complexity index is 783. The van der Waals surface area contributed by atoms with Crippen molar-refractivity contribution in [3.63, 3.8) is 0 Å². The quantitative estimate of drug-likeness (QED) is 0.279. The third-order valence-corrected chi connectivity index (χ3v) is 4.26. The number of benzene rings is 2. The summed E-state index contributed by atoms with van der Waals surface area (Å²) in [6.45, 7) is 6.55. The lowest BCUT2D eigenvalue weighted by Crippen LogP contribution is -2.36. The van der Waals surface area contributed by atoms with Gasteiger partial charge < -0.3 is 16.0 Å². The minimum absolute atomic E-state index is 0. The fourth-order valence-electron chi connectivity index (χ4n) is 2.48. The van der Waals surface area contributed by atoms with Gasteiger partial charge in [0.05, 0.1) is 6.54 Å². The minimum atomic E-state index is -0.0496. The lowest BCUT2D eigenvalue weighted by Gasteiger charge is -2.12. The maximum absolute atomic E-state index is 12.1. The van der Waals surface area contributed by atoms with Gasteiger partial charge >= 0.3 is 0 Å². The van der Waals surface area contributed by atoms with Gasteiger partial charge in [0, 0.05) is 30.2 Å². The first-order valence-electron chi connectivity index (χ1n) is 9.26. The third kappa shape index (κ3) is 8.06.